The lowest BCUT2D eigenvalue weighted by molar-refractivity contribution is -0.125. The van der Waals surface area contributed by atoms with Crippen molar-refractivity contribution in [3.8, 4) is 0 Å². The van der Waals surface area contributed by atoms with Gasteiger partial charge in [-0.3, -0.25) is 9.78 Å². The van der Waals surface area contributed by atoms with E-state index in [1.807, 2.05) is 33.0 Å². The molecule has 0 spiro atoms. The highest BCUT2D eigenvalue weighted by Gasteiger charge is 2.21. The molecule has 18 heavy (non-hydrogen) atoms. The summed E-state index contributed by atoms with van der Waals surface area (Å²) in [7, 11) is 0. The van der Waals surface area contributed by atoms with Crippen LogP contribution in [0.2, 0.25) is 0 Å². The number of rotatable bonds is 3. The highest BCUT2D eigenvalue weighted by atomic mass is 16.1. The first kappa shape index (κ1) is 14.9. The van der Waals surface area contributed by atoms with Gasteiger partial charge >= 0.3 is 0 Å². The summed E-state index contributed by atoms with van der Waals surface area (Å²) in [4.78, 5) is 16.3. The summed E-state index contributed by atoms with van der Waals surface area (Å²) in [6.07, 6.45) is 3.25. The number of pyridine rings is 1. The topological polar surface area (TPSA) is 30.0 Å². The molecule has 0 aliphatic heterocycles. The smallest absolute Gasteiger partial charge is 0.144 e. The third-order valence-electron chi connectivity index (χ3n) is 2.79. The molecule has 1 heterocycles. The van der Waals surface area contributed by atoms with E-state index in [1.165, 1.54) is 5.56 Å². The lowest BCUT2D eigenvalue weighted by Gasteiger charge is -2.19. The van der Waals surface area contributed by atoms with Gasteiger partial charge in [0.1, 0.15) is 5.78 Å². The van der Waals surface area contributed by atoms with Crippen LogP contribution in [0.1, 0.15) is 52.8 Å². The molecule has 0 aliphatic carbocycles. The van der Waals surface area contributed by atoms with E-state index in [1.54, 1.807) is 0 Å². The van der Waals surface area contributed by atoms with Crippen molar-refractivity contribution in [3.63, 3.8) is 0 Å². The number of hydrogen-bond acceptors (Lipinski definition) is 2. The lowest BCUT2D eigenvalue weighted by atomic mass is 9.86. The molecule has 0 aliphatic rings. The molecule has 0 amide bonds. The fourth-order valence-electron chi connectivity index (χ4n) is 1.78. The minimum absolute atomic E-state index is 0.239. The standard InChI is InChI=1S/C16H25NO/c1-15(2,3)11-12-7-8-17-13(9-12)10-14(18)16(4,5)6/h7-9H,10-11H2,1-6H3. The van der Waals surface area contributed by atoms with Crippen molar-refractivity contribution in [3.05, 3.63) is 29.6 Å². The molecule has 0 aromatic carbocycles. The molecule has 0 fully saturated rings. The second-order valence-electron chi connectivity index (χ2n) is 7.24. The van der Waals surface area contributed by atoms with E-state index in [-0.39, 0.29) is 16.6 Å². The molecule has 2 nitrogen and oxygen atoms in total. The van der Waals surface area contributed by atoms with Crippen LogP contribution in [0.25, 0.3) is 0 Å². The Kier molecular flexibility index (Phi) is 4.31. The molecule has 0 atom stereocenters. The molecule has 1 aromatic heterocycles. The number of ketones is 1. The third-order valence-corrected chi connectivity index (χ3v) is 2.79. The zero-order valence-corrected chi connectivity index (χ0v) is 12.5. The van der Waals surface area contributed by atoms with Gasteiger partial charge in [-0.05, 0) is 29.5 Å². The van der Waals surface area contributed by atoms with Crippen molar-refractivity contribution in [2.24, 2.45) is 10.8 Å². The van der Waals surface area contributed by atoms with Gasteiger partial charge in [0, 0.05) is 23.7 Å². The molecule has 0 N–H and O–H groups in total. The van der Waals surface area contributed by atoms with Gasteiger partial charge < -0.3 is 0 Å². The predicted octanol–water partition coefficient (Wildman–Crippen LogP) is 3.83. The van der Waals surface area contributed by atoms with Crippen LogP contribution in [0.3, 0.4) is 0 Å². The summed E-state index contributed by atoms with van der Waals surface area (Å²) in [5.74, 6) is 0.239. The second-order valence-corrected chi connectivity index (χ2v) is 7.24. The Morgan fingerprint density at radius 1 is 1.17 bits per heavy atom. The monoisotopic (exact) mass is 247 g/mol. The predicted molar refractivity (Wildman–Crippen MR) is 75.6 cm³/mol. The fraction of sp³-hybridized carbons (Fsp3) is 0.625. The summed E-state index contributed by atoms with van der Waals surface area (Å²) in [6.45, 7) is 12.5. The van der Waals surface area contributed by atoms with Crippen LogP contribution in [0.15, 0.2) is 18.3 Å². The summed E-state index contributed by atoms with van der Waals surface area (Å²) >= 11 is 0. The molecule has 100 valence electrons. The number of hydrogen-bond donors (Lipinski definition) is 0. The largest absolute Gasteiger partial charge is 0.299 e. The Morgan fingerprint density at radius 3 is 2.28 bits per heavy atom. The second kappa shape index (κ2) is 5.21. The van der Waals surface area contributed by atoms with Crippen LogP contribution in [-0.4, -0.2) is 10.8 Å². The summed E-state index contributed by atoms with van der Waals surface area (Å²) < 4.78 is 0. The molecular weight excluding hydrogens is 222 g/mol. The van der Waals surface area contributed by atoms with Gasteiger partial charge in [0.25, 0.3) is 0 Å². The molecule has 0 radical (unpaired) electrons. The number of Topliss-reactive ketones (excluding diaryl/α,β-unsaturated/α-hetero) is 1. The van der Waals surface area contributed by atoms with Crippen LogP contribution in [0.5, 0.6) is 0 Å². The van der Waals surface area contributed by atoms with Gasteiger partial charge in [-0.1, -0.05) is 41.5 Å². The maximum atomic E-state index is 12.0. The fourth-order valence-corrected chi connectivity index (χ4v) is 1.78. The molecular formula is C16H25NO. The van der Waals surface area contributed by atoms with Crippen molar-refractivity contribution in [1.29, 1.82) is 0 Å². The molecule has 2 heteroatoms. The maximum absolute atomic E-state index is 12.0. The van der Waals surface area contributed by atoms with Gasteiger partial charge in [-0.2, -0.15) is 0 Å². The number of nitrogens with zero attached hydrogens (tertiary/aromatic N) is 1. The molecule has 0 unspecified atom stereocenters. The average Bonchev–Trinajstić information content (AvgIpc) is 2.13. The van der Waals surface area contributed by atoms with E-state index in [0.29, 0.717) is 6.42 Å². The Hall–Kier alpha value is -1.18. The number of carbonyl (C=O) groups is 1. The van der Waals surface area contributed by atoms with Gasteiger partial charge in [0.15, 0.2) is 0 Å². The summed E-state index contributed by atoms with van der Waals surface area (Å²) in [6, 6.07) is 4.10. The summed E-state index contributed by atoms with van der Waals surface area (Å²) in [5.41, 5.74) is 2.11. The Bertz CT molecular complexity index is 421. The highest BCUT2D eigenvalue weighted by molar-refractivity contribution is 5.85. The third kappa shape index (κ3) is 4.99. The molecule has 1 rings (SSSR count). The Labute approximate surface area is 111 Å². The molecule has 0 saturated carbocycles. The van der Waals surface area contributed by atoms with Crippen LogP contribution in [0, 0.1) is 10.8 Å². The average molecular weight is 247 g/mol. The van der Waals surface area contributed by atoms with Gasteiger partial charge in [-0.15, -0.1) is 0 Å². The van der Waals surface area contributed by atoms with Crippen LogP contribution >= 0.6 is 0 Å². The van der Waals surface area contributed by atoms with E-state index < -0.39 is 0 Å². The number of carbonyl (C=O) groups excluding carboxylic acids is 1. The zero-order chi connectivity index (χ0) is 14.0. The molecule has 0 saturated heterocycles. The van der Waals surface area contributed by atoms with E-state index >= 15 is 0 Å². The minimum atomic E-state index is -0.290. The van der Waals surface area contributed by atoms with Gasteiger partial charge in [-0.25, -0.2) is 0 Å². The first-order chi connectivity index (χ1) is 8.08. The van der Waals surface area contributed by atoms with E-state index in [2.05, 4.69) is 31.8 Å². The van der Waals surface area contributed by atoms with Crippen molar-refractivity contribution in [2.45, 2.75) is 54.4 Å². The van der Waals surface area contributed by atoms with Crippen molar-refractivity contribution < 1.29 is 4.79 Å². The van der Waals surface area contributed by atoms with Crippen LogP contribution < -0.4 is 0 Å². The maximum Gasteiger partial charge on any atom is 0.144 e. The Morgan fingerprint density at radius 2 is 1.78 bits per heavy atom. The van der Waals surface area contributed by atoms with Gasteiger partial charge in [0.2, 0.25) is 0 Å². The first-order valence-corrected chi connectivity index (χ1v) is 6.55. The molecule has 1 aromatic rings. The van der Waals surface area contributed by atoms with Crippen molar-refractivity contribution in [2.75, 3.05) is 0 Å². The zero-order valence-electron chi connectivity index (χ0n) is 12.5. The SMILES string of the molecule is CC(C)(C)Cc1ccnc(CC(=O)C(C)(C)C)c1. The minimum Gasteiger partial charge on any atom is -0.299 e. The van der Waals surface area contributed by atoms with Crippen molar-refractivity contribution >= 4 is 5.78 Å². The van der Waals surface area contributed by atoms with E-state index in [0.717, 1.165) is 12.1 Å². The summed E-state index contributed by atoms with van der Waals surface area (Å²) in [5, 5.41) is 0. The van der Waals surface area contributed by atoms with Gasteiger partial charge in [0.05, 0.1) is 0 Å². The highest BCUT2D eigenvalue weighted by Crippen LogP contribution is 2.22. The van der Waals surface area contributed by atoms with E-state index in [4.69, 9.17) is 0 Å². The molecule has 0 bridgehead atoms. The lowest BCUT2D eigenvalue weighted by Crippen LogP contribution is -2.22. The van der Waals surface area contributed by atoms with E-state index in [9.17, 15) is 4.79 Å². The van der Waals surface area contributed by atoms with Crippen LogP contribution in [-0.2, 0) is 17.6 Å². The Balaban J connectivity index is 2.80. The quantitative estimate of drug-likeness (QED) is 0.812. The first-order valence-electron chi connectivity index (χ1n) is 6.55. The van der Waals surface area contributed by atoms with Crippen molar-refractivity contribution in [1.82, 2.24) is 4.98 Å². The normalized spacial score (nSPS) is 12.6. The number of aromatic nitrogens is 1. The van der Waals surface area contributed by atoms with Crippen LogP contribution in [0.4, 0.5) is 0 Å².